The van der Waals surface area contributed by atoms with Crippen LogP contribution in [0.25, 0.3) is 0 Å². The molecule has 0 radical (unpaired) electrons. The molecule has 1 aromatic rings. The van der Waals surface area contributed by atoms with E-state index in [4.69, 9.17) is 9.47 Å². The van der Waals surface area contributed by atoms with Crippen LogP contribution in [0.2, 0.25) is 0 Å². The summed E-state index contributed by atoms with van der Waals surface area (Å²) in [6, 6.07) is 7.42. The van der Waals surface area contributed by atoms with Crippen LogP contribution in [0, 0.1) is 5.92 Å². The van der Waals surface area contributed by atoms with E-state index in [0.717, 1.165) is 0 Å². The van der Waals surface area contributed by atoms with Crippen LogP contribution in [0.3, 0.4) is 0 Å². The molecular formula is C16H25NO3. The van der Waals surface area contributed by atoms with E-state index < -0.39 is 6.10 Å². The van der Waals surface area contributed by atoms with Crippen molar-refractivity contribution in [3.05, 3.63) is 24.3 Å². The second-order valence-electron chi connectivity index (χ2n) is 5.24. The van der Waals surface area contributed by atoms with Crippen LogP contribution >= 0.6 is 0 Å². The first kappa shape index (κ1) is 16.3. The maximum atomic E-state index is 12.2. The van der Waals surface area contributed by atoms with Crippen molar-refractivity contribution in [2.45, 2.75) is 46.3 Å². The van der Waals surface area contributed by atoms with Crippen molar-refractivity contribution < 1.29 is 14.3 Å². The molecular weight excluding hydrogens is 254 g/mol. The Morgan fingerprint density at radius 3 is 2.45 bits per heavy atom. The highest BCUT2D eigenvalue weighted by atomic mass is 16.5. The number of hydrogen-bond donors (Lipinski definition) is 1. The quantitative estimate of drug-likeness (QED) is 0.834. The van der Waals surface area contributed by atoms with E-state index in [2.05, 4.69) is 19.2 Å². The highest BCUT2D eigenvalue weighted by Crippen LogP contribution is 2.20. The molecule has 1 amide bonds. The number of rotatable bonds is 7. The van der Waals surface area contributed by atoms with E-state index in [1.165, 1.54) is 0 Å². The first-order chi connectivity index (χ1) is 9.47. The van der Waals surface area contributed by atoms with Crippen molar-refractivity contribution in [2.24, 2.45) is 5.92 Å². The molecule has 0 saturated carbocycles. The fraction of sp³-hybridized carbons (Fsp3) is 0.562. The summed E-state index contributed by atoms with van der Waals surface area (Å²) >= 11 is 0. The van der Waals surface area contributed by atoms with Gasteiger partial charge in [-0.1, -0.05) is 26.8 Å². The van der Waals surface area contributed by atoms with Crippen LogP contribution in [-0.2, 0) is 4.79 Å². The Morgan fingerprint density at radius 1 is 1.25 bits per heavy atom. The average Bonchev–Trinajstić information content (AvgIpc) is 2.44. The molecule has 1 N–H and O–H groups in total. The van der Waals surface area contributed by atoms with Crippen LogP contribution in [0.15, 0.2) is 24.3 Å². The van der Waals surface area contributed by atoms with Crippen molar-refractivity contribution in [1.29, 1.82) is 0 Å². The smallest absolute Gasteiger partial charge is 0.261 e. The zero-order valence-corrected chi connectivity index (χ0v) is 13.0. The van der Waals surface area contributed by atoms with Gasteiger partial charge in [-0.15, -0.1) is 0 Å². The van der Waals surface area contributed by atoms with Crippen LogP contribution in [0.1, 0.15) is 34.1 Å². The monoisotopic (exact) mass is 279 g/mol. The minimum absolute atomic E-state index is 0.0727. The summed E-state index contributed by atoms with van der Waals surface area (Å²) in [6.07, 6.45) is 0.136. The van der Waals surface area contributed by atoms with Gasteiger partial charge in [0.2, 0.25) is 0 Å². The number of hydrogen-bond acceptors (Lipinski definition) is 3. The Labute approximate surface area is 121 Å². The molecule has 0 aliphatic rings. The van der Waals surface area contributed by atoms with E-state index in [1.807, 2.05) is 32.0 Å². The maximum Gasteiger partial charge on any atom is 0.261 e. The highest BCUT2D eigenvalue weighted by Gasteiger charge is 2.21. The Balaban J connectivity index is 2.68. The van der Waals surface area contributed by atoms with E-state index in [9.17, 15) is 4.79 Å². The zero-order valence-electron chi connectivity index (χ0n) is 13.0. The van der Waals surface area contributed by atoms with Gasteiger partial charge in [0.1, 0.15) is 11.5 Å². The molecule has 0 unspecified atom stereocenters. The van der Waals surface area contributed by atoms with Crippen LogP contribution in [0.5, 0.6) is 11.5 Å². The molecule has 4 nitrogen and oxygen atoms in total. The Hall–Kier alpha value is -1.71. The Morgan fingerprint density at radius 2 is 1.90 bits per heavy atom. The van der Waals surface area contributed by atoms with Gasteiger partial charge in [0, 0.05) is 12.1 Å². The van der Waals surface area contributed by atoms with Crippen LogP contribution < -0.4 is 14.8 Å². The van der Waals surface area contributed by atoms with Crippen molar-refractivity contribution in [1.82, 2.24) is 5.32 Å². The molecule has 0 bridgehead atoms. The molecule has 1 aromatic carbocycles. The molecule has 20 heavy (non-hydrogen) atoms. The second kappa shape index (κ2) is 7.78. The number of carbonyl (C=O) groups excluding carboxylic acids is 1. The molecule has 0 saturated heterocycles. The van der Waals surface area contributed by atoms with E-state index in [-0.39, 0.29) is 11.9 Å². The fourth-order valence-electron chi connectivity index (χ4n) is 1.65. The van der Waals surface area contributed by atoms with Gasteiger partial charge in [0.05, 0.1) is 7.11 Å². The summed E-state index contributed by atoms with van der Waals surface area (Å²) in [7, 11) is 1.60. The predicted octanol–water partition coefficient (Wildman–Crippen LogP) is 3.01. The van der Waals surface area contributed by atoms with Crippen molar-refractivity contribution >= 4 is 5.91 Å². The van der Waals surface area contributed by atoms with Crippen LogP contribution in [0.4, 0.5) is 0 Å². The van der Waals surface area contributed by atoms with Crippen molar-refractivity contribution in [3.63, 3.8) is 0 Å². The largest absolute Gasteiger partial charge is 0.497 e. The minimum Gasteiger partial charge on any atom is -0.497 e. The third-order valence-electron chi connectivity index (χ3n) is 3.35. The van der Waals surface area contributed by atoms with Crippen molar-refractivity contribution in [3.8, 4) is 11.5 Å². The number of benzene rings is 1. The standard InChI is InChI=1S/C16H25NO3/c1-6-15(16(18)17-12(4)11(2)3)20-14-9-7-8-13(10-14)19-5/h7-12,15H,6H2,1-5H3,(H,17,18)/t12-,15-/m0/s1. The lowest BCUT2D eigenvalue weighted by atomic mass is 10.1. The first-order valence-electron chi connectivity index (χ1n) is 7.09. The van der Waals surface area contributed by atoms with Crippen molar-refractivity contribution in [2.75, 3.05) is 7.11 Å². The molecule has 1 rings (SSSR count). The summed E-state index contributed by atoms with van der Waals surface area (Å²) in [5.41, 5.74) is 0. The van der Waals surface area contributed by atoms with Gasteiger partial charge >= 0.3 is 0 Å². The molecule has 0 heterocycles. The van der Waals surface area contributed by atoms with Crippen LogP contribution in [-0.4, -0.2) is 25.2 Å². The second-order valence-corrected chi connectivity index (χ2v) is 5.24. The molecule has 2 atom stereocenters. The molecule has 0 spiro atoms. The lowest BCUT2D eigenvalue weighted by molar-refractivity contribution is -0.129. The lowest BCUT2D eigenvalue weighted by Crippen LogP contribution is -2.44. The molecule has 0 aromatic heterocycles. The molecule has 4 heteroatoms. The normalized spacial score (nSPS) is 13.7. The predicted molar refractivity (Wildman–Crippen MR) is 80.1 cm³/mol. The molecule has 0 aliphatic heterocycles. The summed E-state index contributed by atoms with van der Waals surface area (Å²) < 4.78 is 10.9. The van der Waals surface area contributed by atoms with Gasteiger partial charge in [-0.05, 0) is 31.4 Å². The summed E-state index contributed by atoms with van der Waals surface area (Å²) in [6.45, 7) is 8.09. The van der Waals surface area contributed by atoms with Gasteiger partial charge < -0.3 is 14.8 Å². The zero-order chi connectivity index (χ0) is 15.1. The van der Waals surface area contributed by atoms with Gasteiger partial charge in [0.25, 0.3) is 5.91 Å². The third-order valence-corrected chi connectivity index (χ3v) is 3.35. The summed E-state index contributed by atoms with van der Waals surface area (Å²) in [5.74, 6) is 1.68. The van der Waals surface area contributed by atoms with Gasteiger partial charge in [0.15, 0.2) is 6.10 Å². The van der Waals surface area contributed by atoms with E-state index in [0.29, 0.717) is 23.8 Å². The first-order valence-corrected chi connectivity index (χ1v) is 7.09. The number of amides is 1. The molecule has 0 aliphatic carbocycles. The minimum atomic E-state index is -0.483. The molecule has 112 valence electrons. The maximum absolute atomic E-state index is 12.2. The number of nitrogens with one attached hydrogen (secondary N) is 1. The van der Waals surface area contributed by atoms with E-state index >= 15 is 0 Å². The van der Waals surface area contributed by atoms with Gasteiger partial charge in [-0.3, -0.25) is 4.79 Å². The van der Waals surface area contributed by atoms with Gasteiger partial charge in [-0.25, -0.2) is 0 Å². The average molecular weight is 279 g/mol. The molecule has 0 fully saturated rings. The fourth-order valence-corrected chi connectivity index (χ4v) is 1.65. The number of methoxy groups -OCH3 is 1. The Bertz CT molecular complexity index is 431. The summed E-state index contributed by atoms with van der Waals surface area (Å²) in [5, 5.41) is 2.98. The Kier molecular flexibility index (Phi) is 6.36. The topological polar surface area (TPSA) is 47.6 Å². The lowest BCUT2D eigenvalue weighted by Gasteiger charge is -2.22. The third kappa shape index (κ3) is 4.76. The summed E-state index contributed by atoms with van der Waals surface area (Å²) in [4.78, 5) is 12.2. The SMILES string of the molecule is CC[C@H](Oc1cccc(OC)c1)C(=O)N[C@@H](C)C(C)C. The van der Waals surface area contributed by atoms with Gasteiger partial charge in [-0.2, -0.15) is 0 Å². The number of carbonyl (C=O) groups is 1. The number of ether oxygens (including phenoxy) is 2. The highest BCUT2D eigenvalue weighted by molar-refractivity contribution is 5.81. The van der Waals surface area contributed by atoms with E-state index in [1.54, 1.807) is 13.2 Å².